The number of hydrogen-bond donors (Lipinski definition) is 0. The van der Waals surface area contributed by atoms with Gasteiger partial charge in [-0.05, 0) is 31.0 Å². The highest BCUT2D eigenvalue weighted by atomic mass is 16.5. The van der Waals surface area contributed by atoms with E-state index in [0.29, 0.717) is 19.6 Å². The third kappa shape index (κ3) is 2.98. The van der Waals surface area contributed by atoms with Gasteiger partial charge in [-0.15, -0.1) is 0 Å². The third-order valence-electron chi connectivity index (χ3n) is 4.13. The molecule has 0 unspecified atom stereocenters. The molecule has 1 aromatic heterocycles. The number of para-hydroxylation sites is 1. The molecule has 0 atom stereocenters. The molecule has 0 saturated carbocycles. The lowest BCUT2D eigenvalue weighted by Gasteiger charge is -2.27. The molecule has 1 amide bonds. The molecule has 3 rings (SSSR count). The lowest BCUT2D eigenvalue weighted by atomic mass is 10.0. The molecule has 1 aliphatic rings. The van der Waals surface area contributed by atoms with Crippen molar-refractivity contribution in [3.05, 3.63) is 47.3 Å². The Morgan fingerprint density at radius 2 is 2.09 bits per heavy atom. The van der Waals surface area contributed by atoms with Gasteiger partial charge in [0.15, 0.2) is 0 Å². The van der Waals surface area contributed by atoms with Gasteiger partial charge < -0.3 is 9.64 Å². The highest BCUT2D eigenvalue weighted by molar-refractivity contribution is 5.76. The maximum absolute atomic E-state index is 12.3. The first-order valence-electron chi connectivity index (χ1n) is 7.62. The first-order valence-corrected chi connectivity index (χ1v) is 7.62. The molecule has 2 aromatic rings. The zero-order valence-corrected chi connectivity index (χ0v) is 13.1. The van der Waals surface area contributed by atoms with Crippen molar-refractivity contribution in [3.8, 4) is 5.75 Å². The van der Waals surface area contributed by atoms with Gasteiger partial charge in [0.25, 0.3) is 0 Å². The number of amides is 1. The number of nitrogens with zero attached hydrogens (tertiary/aromatic N) is 3. The van der Waals surface area contributed by atoms with E-state index in [4.69, 9.17) is 4.74 Å². The fourth-order valence-electron chi connectivity index (χ4n) is 2.92. The highest BCUT2D eigenvalue weighted by Gasteiger charge is 2.24. The fourth-order valence-corrected chi connectivity index (χ4v) is 2.92. The molecule has 1 aliphatic heterocycles. The second-order valence-electron chi connectivity index (χ2n) is 5.61. The van der Waals surface area contributed by atoms with Crippen molar-refractivity contribution in [2.24, 2.45) is 7.05 Å². The molecule has 0 spiro atoms. The minimum absolute atomic E-state index is 0.139. The van der Waals surface area contributed by atoms with Crippen LogP contribution in [0.3, 0.4) is 0 Å². The van der Waals surface area contributed by atoms with Crippen molar-refractivity contribution < 1.29 is 9.53 Å². The Morgan fingerprint density at radius 1 is 1.32 bits per heavy atom. The lowest BCUT2D eigenvalue weighted by Crippen LogP contribution is -2.37. The predicted octanol–water partition coefficient (Wildman–Crippen LogP) is 2.08. The molecule has 22 heavy (non-hydrogen) atoms. The zero-order chi connectivity index (χ0) is 15.5. The van der Waals surface area contributed by atoms with E-state index in [9.17, 15) is 4.79 Å². The summed E-state index contributed by atoms with van der Waals surface area (Å²) in [5, 5.41) is 4.44. The van der Waals surface area contributed by atoms with E-state index in [0.717, 1.165) is 30.1 Å². The maximum Gasteiger partial charge on any atom is 0.226 e. The SMILES string of the molecule is Cc1nn(C)c2c1CCN(C(=O)CCOc1ccccc1)C2. The van der Waals surface area contributed by atoms with Crippen LogP contribution in [0.5, 0.6) is 5.75 Å². The number of ether oxygens (including phenoxy) is 1. The maximum atomic E-state index is 12.3. The van der Waals surface area contributed by atoms with Crippen molar-refractivity contribution >= 4 is 5.91 Å². The van der Waals surface area contributed by atoms with Crippen molar-refractivity contribution in [2.45, 2.75) is 26.3 Å². The molecule has 5 heteroatoms. The second kappa shape index (κ2) is 6.22. The van der Waals surface area contributed by atoms with Gasteiger partial charge in [-0.3, -0.25) is 9.48 Å². The van der Waals surface area contributed by atoms with Crippen LogP contribution in [-0.4, -0.2) is 33.7 Å². The lowest BCUT2D eigenvalue weighted by molar-refractivity contribution is -0.132. The summed E-state index contributed by atoms with van der Waals surface area (Å²) in [6, 6.07) is 9.59. The van der Waals surface area contributed by atoms with Crippen molar-refractivity contribution in [1.82, 2.24) is 14.7 Å². The molecule has 0 bridgehead atoms. The first-order chi connectivity index (χ1) is 10.6. The third-order valence-corrected chi connectivity index (χ3v) is 4.13. The number of carbonyl (C=O) groups excluding carboxylic acids is 1. The van der Waals surface area contributed by atoms with Gasteiger partial charge in [0.1, 0.15) is 5.75 Å². The van der Waals surface area contributed by atoms with Crippen LogP contribution < -0.4 is 4.74 Å². The standard InChI is InChI=1S/C17H21N3O2/c1-13-15-8-10-20(12-16(15)19(2)18-13)17(21)9-11-22-14-6-4-3-5-7-14/h3-7H,8-12H2,1-2H3. The Hall–Kier alpha value is -2.30. The van der Waals surface area contributed by atoms with Crippen LogP contribution in [0.2, 0.25) is 0 Å². The van der Waals surface area contributed by atoms with Crippen LogP contribution in [0.25, 0.3) is 0 Å². The number of fused-ring (bicyclic) bond motifs is 1. The van der Waals surface area contributed by atoms with E-state index in [1.54, 1.807) is 0 Å². The predicted molar refractivity (Wildman–Crippen MR) is 83.6 cm³/mol. The summed E-state index contributed by atoms with van der Waals surface area (Å²) < 4.78 is 7.49. The molecular weight excluding hydrogens is 278 g/mol. The van der Waals surface area contributed by atoms with Gasteiger partial charge in [-0.1, -0.05) is 18.2 Å². The minimum Gasteiger partial charge on any atom is -0.493 e. The van der Waals surface area contributed by atoms with Crippen LogP contribution in [-0.2, 0) is 24.8 Å². The first kappa shape index (κ1) is 14.6. The summed E-state index contributed by atoms with van der Waals surface area (Å²) in [6.45, 7) is 3.86. The number of carbonyl (C=O) groups is 1. The molecule has 5 nitrogen and oxygen atoms in total. The number of hydrogen-bond acceptors (Lipinski definition) is 3. The Kier molecular flexibility index (Phi) is 4.13. The number of aryl methyl sites for hydroxylation is 2. The summed E-state index contributed by atoms with van der Waals surface area (Å²) in [6.07, 6.45) is 1.29. The quantitative estimate of drug-likeness (QED) is 0.868. The van der Waals surface area contributed by atoms with E-state index in [1.807, 2.05) is 53.9 Å². The minimum atomic E-state index is 0.139. The van der Waals surface area contributed by atoms with E-state index < -0.39 is 0 Å². The second-order valence-corrected chi connectivity index (χ2v) is 5.61. The van der Waals surface area contributed by atoms with Crippen LogP contribution >= 0.6 is 0 Å². The molecular formula is C17H21N3O2. The normalized spacial score (nSPS) is 13.8. The van der Waals surface area contributed by atoms with E-state index in [-0.39, 0.29) is 5.91 Å². The van der Waals surface area contributed by atoms with Gasteiger partial charge in [0, 0.05) is 13.6 Å². The van der Waals surface area contributed by atoms with Crippen LogP contribution in [0.4, 0.5) is 0 Å². The summed E-state index contributed by atoms with van der Waals surface area (Å²) >= 11 is 0. The van der Waals surface area contributed by atoms with E-state index in [2.05, 4.69) is 5.10 Å². The number of benzene rings is 1. The molecule has 0 aliphatic carbocycles. The largest absolute Gasteiger partial charge is 0.493 e. The molecule has 1 aromatic carbocycles. The summed E-state index contributed by atoms with van der Waals surface area (Å²) in [4.78, 5) is 14.2. The summed E-state index contributed by atoms with van der Waals surface area (Å²) in [7, 11) is 1.94. The van der Waals surface area contributed by atoms with Gasteiger partial charge in [0.05, 0.1) is 31.0 Å². The Balaban J connectivity index is 1.54. The van der Waals surface area contributed by atoms with E-state index >= 15 is 0 Å². The van der Waals surface area contributed by atoms with Gasteiger partial charge >= 0.3 is 0 Å². The molecule has 116 valence electrons. The number of rotatable bonds is 4. The molecule has 0 fully saturated rings. The smallest absolute Gasteiger partial charge is 0.226 e. The van der Waals surface area contributed by atoms with Crippen LogP contribution in [0, 0.1) is 6.92 Å². The molecule has 0 radical (unpaired) electrons. The topological polar surface area (TPSA) is 47.4 Å². The van der Waals surface area contributed by atoms with Crippen molar-refractivity contribution in [2.75, 3.05) is 13.2 Å². The molecule has 0 N–H and O–H groups in total. The van der Waals surface area contributed by atoms with Gasteiger partial charge in [-0.2, -0.15) is 5.10 Å². The zero-order valence-electron chi connectivity index (χ0n) is 13.1. The number of aromatic nitrogens is 2. The van der Waals surface area contributed by atoms with Crippen molar-refractivity contribution in [1.29, 1.82) is 0 Å². The Labute approximate surface area is 130 Å². The highest BCUT2D eigenvalue weighted by Crippen LogP contribution is 2.21. The monoisotopic (exact) mass is 299 g/mol. The average Bonchev–Trinajstić information content (AvgIpc) is 2.82. The average molecular weight is 299 g/mol. The van der Waals surface area contributed by atoms with E-state index in [1.165, 1.54) is 5.56 Å². The molecule has 2 heterocycles. The van der Waals surface area contributed by atoms with Crippen LogP contribution in [0.1, 0.15) is 23.4 Å². The summed E-state index contributed by atoms with van der Waals surface area (Å²) in [5.74, 6) is 0.943. The fraction of sp³-hybridized carbons (Fsp3) is 0.412. The Bertz CT molecular complexity index is 664. The van der Waals surface area contributed by atoms with Crippen LogP contribution in [0.15, 0.2) is 30.3 Å². The van der Waals surface area contributed by atoms with Crippen molar-refractivity contribution in [3.63, 3.8) is 0 Å². The Morgan fingerprint density at radius 3 is 2.86 bits per heavy atom. The molecule has 0 saturated heterocycles. The van der Waals surface area contributed by atoms with Gasteiger partial charge in [-0.25, -0.2) is 0 Å². The summed E-state index contributed by atoms with van der Waals surface area (Å²) in [5.41, 5.74) is 3.53. The van der Waals surface area contributed by atoms with Gasteiger partial charge in [0.2, 0.25) is 5.91 Å².